The number of esters is 1. The van der Waals surface area contributed by atoms with Crippen LogP contribution < -0.4 is 0 Å². The molecule has 6 N–H and O–H groups in total. The highest BCUT2D eigenvalue weighted by Crippen LogP contribution is 2.33. The summed E-state index contributed by atoms with van der Waals surface area (Å²) in [5.74, 6) is -0.262. The van der Waals surface area contributed by atoms with Gasteiger partial charge >= 0.3 is 16.4 Å². The number of rotatable bonds is 3. The van der Waals surface area contributed by atoms with Crippen molar-refractivity contribution in [1.82, 2.24) is 4.90 Å². The zero-order chi connectivity index (χ0) is 19.3. The first-order valence-corrected chi connectivity index (χ1v) is 10.2. The second kappa shape index (κ2) is 11.4. The van der Waals surface area contributed by atoms with Crippen LogP contribution >= 0.6 is 22.9 Å². The highest BCUT2D eigenvalue weighted by Gasteiger charge is 2.32. The highest BCUT2D eigenvalue weighted by atomic mass is 35.5. The molecular formula is C16H22ClNO8S2. The summed E-state index contributed by atoms with van der Waals surface area (Å²) in [5.41, 5.74) is 2.11. The van der Waals surface area contributed by atoms with E-state index in [4.69, 9.17) is 33.9 Å². The normalized spacial score (nSPS) is 14.3. The van der Waals surface area contributed by atoms with E-state index in [1.54, 1.807) is 11.3 Å². The Bertz CT molecular complexity index is 863. The van der Waals surface area contributed by atoms with Crippen molar-refractivity contribution >= 4 is 39.3 Å². The van der Waals surface area contributed by atoms with Crippen LogP contribution in [0.1, 0.15) is 22.0 Å². The minimum Gasteiger partial charge on any atom is -0.468 e. The Kier molecular flexibility index (Phi) is 10.8. The van der Waals surface area contributed by atoms with Crippen molar-refractivity contribution in [2.75, 3.05) is 13.7 Å². The van der Waals surface area contributed by atoms with Crippen LogP contribution in [0.4, 0.5) is 0 Å². The number of hydrogen-bond acceptors (Lipinski definition) is 6. The number of fused-ring (bicyclic) bond motifs is 1. The number of ether oxygens (including phenoxy) is 1. The first-order valence-electron chi connectivity index (χ1n) is 7.52. The number of hydrogen-bond donors (Lipinski definition) is 2. The van der Waals surface area contributed by atoms with Crippen LogP contribution in [-0.2, 0) is 32.9 Å². The van der Waals surface area contributed by atoms with Gasteiger partial charge in [0.1, 0.15) is 6.04 Å². The summed E-state index contributed by atoms with van der Waals surface area (Å²) >= 11 is 8.07. The molecular weight excluding hydrogens is 434 g/mol. The molecule has 2 aromatic rings. The summed E-state index contributed by atoms with van der Waals surface area (Å²) in [5, 5.41) is 2.71. The Hall–Kier alpha value is -1.57. The van der Waals surface area contributed by atoms with Gasteiger partial charge in [0.25, 0.3) is 0 Å². The summed E-state index contributed by atoms with van der Waals surface area (Å²) < 4.78 is 36.6. The van der Waals surface area contributed by atoms with Crippen molar-refractivity contribution in [2.24, 2.45) is 0 Å². The van der Waals surface area contributed by atoms with Crippen LogP contribution in [0.15, 0.2) is 35.7 Å². The van der Waals surface area contributed by atoms with Crippen molar-refractivity contribution < 1.29 is 38.0 Å². The van der Waals surface area contributed by atoms with Crippen LogP contribution in [0.25, 0.3) is 0 Å². The molecule has 0 radical (unpaired) electrons. The fourth-order valence-electron chi connectivity index (χ4n) is 2.77. The first kappa shape index (κ1) is 26.4. The smallest absolute Gasteiger partial charge is 0.394 e. The zero-order valence-electron chi connectivity index (χ0n) is 14.8. The molecule has 1 aliphatic heterocycles. The van der Waals surface area contributed by atoms with E-state index in [0.29, 0.717) is 5.02 Å². The maximum absolute atomic E-state index is 12.3. The Labute approximate surface area is 171 Å². The van der Waals surface area contributed by atoms with Crippen molar-refractivity contribution in [3.63, 3.8) is 0 Å². The standard InChI is InChI=1S/C16H16ClNO2S.H2O4S.2H2O/c1-20-16(19)15(12-4-2-3-5-13(12)17)18-8-6-14-11(10-18)7-9-21-14;1-5(2,3)4;;/h2-5,7,9,15H,6,8,10H2,1H3;(H2,1,2,3,4);2*1H2/t15-;;;/m0.../s1. The molecule has 0 unspecified atom stereocenters. The van der Waals surface area contributed by atoms with Gasteiger partial charge in [-0.3, -0.25) is 14.0 Å². The van der Waals surface area contributed by atoms with Gasteiger partial charge in [0.2, 0.25) is 0 Å². The Morgan fingerprint density at radius 1 is 1.25 bits per heavy atom. The lowest BCUT2D eigenvalue weighted by molar-refractivity contribution is -0.147. The van der Waals surface area contributed by atoms with Gasteiger partial charge in [0.15, 0.2) is 0 Å². The summed E-state index contributed by atoms with van der Waals surface area (Å²) in [7, 11) is -3.24. The van der Waals surface area contributed by atoms with E-state index in [1.165, 1.54) is 17.6 Å². The summed E-state index contributed by atoms with van der Waals surface area (Å²) in [6.45, 7) is 1.59. The van der Waals surface area contributed by atoms with Gasteiger partial charge in [-0.15, -0.1) is 11.3 Å². The predicted molar refractivity (Wildman–Crippen MR) is 106 cm³/mol. The Morgan fingerprint density at radius 2 is 1.86 bits per heavy atom. The predicted octanol–water partition coefficient (Wildman–Crippen LogP) is 1.37. The molecule has 0 amide bonds. The maximum atomic E-state index is 12.3. The lowest BCUT2D eigenvalue weighted by Crippen LogP contribution is -2.38. The molecule has 3 rings (SSSR count). The van der Waals surface area contributed by atoms with Gasteiger partial charge in [-0.25, -0.2) is 4.79 Å². The summed E-state index contributed by atoms with van der Waals surface area (Å²) in [6, 6.07) is 9.16. The molecule has 12 heteroatoms. The van der Waals surface area contributed by atoms with E-state index in [-0.39, 0.29) is 16.9 Å². The average molecular weight is 456 g/mol. The van der Waals surface area contributed by atoms with E-state index in [0.717, 1.165) is 25.1 Å². The third kappa shape index (κ3) is 7.45. The van der Waals surface area contributed by atoms with Gasteiger partial charge < -0.3 is 15.7 Å². The minimum atomic E-state index is -4.67. The SMILES string of the molecule is COC(=O)[C@H](c1ccccc1Cl)N1CCc2sccc2C1.O.O.O=S(=O)(O)O. The van der Waals surface area contributed by atoms with Crippen molar-refractivity contribution in [3.05, 3.63) is 56.7 Å². The van der Waals surface area contributed by atoms with Gasteiger partial charge in [-0.05, 0) is 35.1 Å². The number of nitrogens with zero attached hydrogens (tertiary/aromatic N) is 1. The molecule has 0 spiro atoms. The molecule has 1 aliphatic rings. The molecule has 0 fully saturated rings. The van der Waals surface area contributed by atoms with Crippen LogP contribution in [-0.4, -0.2) is 53.0 Å². The molecule has 1 aromatic carbocycles. The van der Waals surface area contributed by atoms with E-state index < -0.39 is 16.4 Å². The molecule has 1 atom stereocenters. The summed E-state index contributed by atoms with van der Waals surface area (Å²) in [4.78, 5) is 15.8. The topological polar surface area (TPSA) is 167 Å². The van der Waals surface area contributed by atoms with E-state index in [1.807, 2.05) is 24.3 Å². The van der Waals surface area contributed by atoms with Crippen molar-refractivity contribution in [1.29, 1.82) is 0 Å². The van der Waals surface area contributed by atoms with E-state index >= 15 is 0 Å². The molecule has 28 heavy (non-hydrogen) atoms. The zero-order valence-corrected chi connectivity index (χ0v) is 17.2. The molecule has 9 nitrogen and oxygen atoms in total. The number of halogens is 1. The largest absolute Gasteiger partial charge is 0.468 e. The van der Waals surface area contributed by atoms with Gasteiger partial charge in [-0.2, -0.15) is 8.42 Å². The molecule has 0 bridgehead atoms. The van der Waals surface area contributed by atoms with Crippen LogP contribution in [0.5, 0.6) is 0 Å². The van der Waals surface area contributed by atoms with Crippen LogP contribution in [0.2, 0.25) is 5.02 Å². The monoisotopic (exact) mass is 455 g/mol. The van der Waals surface area contributed by atoms with Crippen molar-refractivity contribution in [3.8, 4) is 0 Å². The molecule has 0 saturated carbocycles. The van der Waals surface area contributed by atoms with Gasteiger partial charge in [0.05, 0.1) is 7.11 Å². The third-order valence-corrected chi connectivity index (χ3v) is 5.19. The van der Waals surface area contributed by atoms with E-state index in [2.05, 4.69) is 16.3 Å². The number of benzene rings is 1. The summed E-state index contributed by atoms with van der Waals surface area (Å²) in [6.07, 6.45) is 0.963. The van der Waals surface area contributed by atoms with Crippen LogP contribution in [0.3, 0.4) is 0 Å². The van der Waals surface area contributed by atoms with Gasteiger partial charge in [-0.1, -0.05) is 29.8 Å². The minimum absolute atomic E-state index is 0. The molecule has 158 valence electrons. The first-order chi connectivity index (χ1) is 12.2. The quantitative estimate of drug-likeness (QED) is 0.520. The lowest BCUT2D eigenvalue weighted by Gasteiger charge is -2.33. The molecule has 0 saturated heterocycles. The lowest BCUT2D eigenvalue weighted by atomic mass is 10.0. The maximum Gasteiger partial charge on any atom is 0.394 e. The molecule has 2 heterocycles. The molecule has 1 aromatic heterocycles. The fraction of sp³-hybridized carbons (Fsp3) is 0.312. The highest BCUT2D eigenvalue weighted by molar-refractivity contribution is 7.79. The van der Waals surface area contributed by atoms with Crippen LogP contribution in [0, 0.1) is 0 Å². The molecule has 0 aliphatic carbocycles. The second-order valence-electron chi connectivity index (χ2n) is 5.48. The van der Waals surface area contributed by atoms with Crippen molar-refractivity contribution in [2.45, 2.75) is 19.0 Å². The third-order valence-electron chi connectivity index (χ3n) is 3.83. The number of carbonyl (C=O) groups excluding carboxylic acids is 1. The average Bonchev–Trinajstić information content (AvgIpc) is 3.03. The second-order valence-corrected chi connectivity index (χ2v) is 7.79. The number of thiophene rings is 1. The fourth-order valence-corrected chi connectivity index (χ4v) is 3.90. The van der Waals surface area contributed by atoms with Gasteiger partial charge in [0, 0.05) is 23.0 Å². The number of methoxy groups -OCH3 is 1. The van der Waals surface area contributed by atoms with E-state index in [9.17, 15) is 4.79 Å². The number of carbonyl (C=O) groups is 1. The Morgan fingerprint density at radius 3 is 2.43 bits per heavy atom. The Balaban J connectivity index is 0.000000934.